The quantitative estimate of drug-likeness (QED) is 0.628. The molecule has 1 unspecified atom stereocenters. The Balaban J connectivity index is 2.15. The average molecular weight is 354 g/mol. The van der Waals surface area contributed by atoms with Gasteiger partial charge in [-0.2, -0.15) is 0 Å². The second-order valence-electron chi connectivity index (χ2n) is 6.30. The van der Waals surface area contributed by atoms with Crippen molar-refractivity contribution < 1.29 is 14.5 Å². The number of nitro benzene ring substituents is 1. The van der Waals surface area contributed by atoms with Crippen molar-refractivity contribution in [3.05, 3.63) is 38.9 Å². The highest BCUT2D eigenvalue weighted by Crippen LogP contribution is 2.27. The van der Waals surface area contributed by atoms with Gasteiger partial charge in [0.15, 0.2) is 0 Å². The standard InChI is InChI=1S/C16H20ClN3O4/c1-9(2)14(16(22)19(3)10-4-5-10)18-15(21)12-7-6-11(20(23)24)8-13(12)17/h6-10,14H,4-5H2,1-3H3,(H,18,21). The summed E-state index contributed by atoms with van der Waals surface area (Å²) in [5, 5.41) is 13.4. The zero-order valence-electron chi connectivity index (χ0n) is 13.8. The minimum Gasteiger partial charge on any atom is -0.341 e. The van der Waals surface area contributed by atoms with Crippen LogP contribution in [0.1, 0.15) is 37.0 Å². The predicted octanol–water partition coefficient (Wildman–Crippen LogP) is 2.62. The van der Waals surface area contributed by atoms with Crippen LogP contribution >= 0.6 is 11.6 Å². The molecule has 1 aromatic carbocycles. The van der Waals surface area contributed by atoms with Crippen molar-refractivity contribution in [1.29, 1.82) is 0 Å². The van der Waals surface area contributed by atoms with E-state index in [0.29, 0.717) is 0 Å². The van der Waals surface area contributed by atoms with Gasteiger partial charge < -0.3 is 10.2 Å². The summed E-state index contributed by atoms with van der Waals surface area (Å²) in [7, 11) is 1.74. The minimum atomic E-state index is -0.672. The first-order valence-corrected chi connectivity index (χ1v) is 8.11. The summed E-state index contributed by atoms with van der Waals surface area (Å²) in [6, 6.07) is 3.21. The number of nitrogens with one attached hydrogen (secondary N) is 1. The lowest BCUT2D eigenvalue weighted by atomic mass is 10.0. The van der Waals surface area contributed by atoms with Gasteiger partial charge in [0, 0.05) is 25.2 Å². The highest BCUT2D eigenvalue weighted by Gasteiger charge is 2.35. The lowest BCUT2D eigenvalue weighted by Gasteiger charge is -2.27. The van der Waals surface area contributed by atoms with E-state index in [2.05, 4.69) is 5.32 Å². The largest absolute Gasteiger partial charge is 0.341 e. The van der Waals surface area contributed by atoms with Crippen molar-refractivity contribution in [3.63, 3.8) is 0 Å². The van der Waals surface area contributed by atoms with E-state index in [0.717, 1.165) is 18.9 Å². The Morgan fingerprint density at radius 1 is 1.38 bits per heavy atom. The molecule has 1 fully saturated rings. The van der Waals surface area contributed by atoms with Crippen LogP contribution in [0.2, 0.25) is 5.02 Å². The minimum absolute atomic E-state index is 0.0211. The fraction of sp³-hybridized carbons (Fsp3) is 0.500. The zero-order chi connectivity index (χ0) is 18.0. The molecule has 1 N–H and O–H groups in total. The molecule has 1 aromatic rings. The number of rotatable bonds is 6. The van der Waals surface area contributed by atoms with Crippen LogP contribution in [0.4, 0.5) is 5.69 Å². The first kappa shape index (κ1) is 18.2. The molecule has 0 bridgehead atoms. The fourth-order valence-electron chi connectivity index (χ4n) is 2.40. The number of non-ortho nitro benzene ring substituents is 1. The van der Waals surface area contributed by atoms with E-state index in [1.54, 1.807) is 11.9 Å². The lowest BCUT2D eigenvalue weighted by molar-refractivity contribution is -0.384. The Bertz CT molecular complexity index is 673. The van der Waals surface area contributed by atoms with Gasteiger partial charge >= 0.3 is 0 Å². The molecule has 2 amide bonds. The van der Waals surface area contributed by atoms with Crippen molar-refractivity contribution in [2.75, 3.05) is 7.05 Å². The van der Waals surface area contributed by atoms with Gasteiger partial charge in [0.2, 0.25) is 5.91 Å². The molecule has 0 saturated heterocycles. The smallest absolute Gasteiger partial charge is 0.270 e. The first-order valence-electron chi connectivity index (χ1n) is 7.73. The van der Waals surface area contributed by atoms with Gasteiger partial charge in [0.1, 0.15) is 6.04 Å². The van der Waals surface area contributed by atoms with E-state index in [-0.39, 0.29) is 34.1 Å². The van der Waals surface area contributed by atoms with Gasteiger partial charge in [-0.15, -0.1) is 0 Å². The van der Waals surface area contributed by atoms with E-state index >= 15 is 0 Å². The van der Waals surface area contributed by atoms with Crippen LogP contribution in [-0.2, 0) is 4.79 Å². The summed E-state index contributed by atoms with van der Waals surface area (Å²) in [5.74, 6) is -0.760. The highest BCUT2D eigenvalue weighted by molar-refractivity contribution is 6.34. The normalized spacial score (nSPS) is 15.0. The third-order valence-corrected chi connectivity index (χ3v) is 4.38. The Labute approximate surface area is 145 Å². The van der Waals surface area contributed by atoms with Gasteiger partial charge in [-0.1, -0.05) is 25.4 Å². The molecule has 0 spiro atoms. The molecular formula is C16H20ClN3O4. The van der Waals surface area contributed by atoms with Crippen LogP contribution in [-0.4, -0.2) is 40.8 Å². The molecule has 8 heteroatoms. The van der Waals surface area contributed by atoms with Gasteiger partial charge in [0.05, 0.1) is 15.5 Å². The number of benzene rings is 1. The SMILES string of the molecule is CC(C)C(NC(=O)c1ccc([N+](=O)[O-])cc1Cl)C(=O)N(C)C1CC1. The maximum Gasteiger partial charge on any atom is 0.270 e. The summed E-state index contributed by atoms with van der Waals surface area (Å²) in [6.07, 6.45) is 1.96. The third kappa shape index (κ3) is 4.03. The van der Waals surface area contributed by atoms with Crippen molar-refractivity contribution in [2.45, 2.75) is 38.8 Å². The summed E-state index contributed by atoms with van der Waals surface area (Å²) in [4.78, 5) is 36.8. The molecule has 1 aliphatic carbocycles. The Morgan fingerprint density at radius 3 is 2.46 bits per heavy atom. The number of nitro groups is 1. The number of hydrogen-bond acceptors (Lipinski definition) is 4. The van der Waals surface area contributed by atoms with E-state index < -0.39 is 16.9 Å². The van der Waals surface area contributed by atoms with Crippen LogP contribution < -0.4 is 5.32 Å². The summed E-state index contributed by atoms with van der Waals surface area (Å²) in [5.41, 5.74) is -0.0868. The molecule has 1 aliphatic rings. The Morgan fingerprint density at radius 2 is 2.00 bits per heavy atom. The number of halogens is 1. The second kappa shape index (κ2) is 7.17. The summed E-state index contributed by atoms with van der Waals surface area (Å²) >= 11 is 5.97. The van der Waals surface area contributed by atoms with Crippen molar-refractivity contribution in [3.8, 4) is 0 Å². The maximum absolute atomic E-state index is 12.6. The molecule has 7 nitrogen and oxygen atoms in total. The third-order valence-electron chi connectivity index (χ3n) is 4.07. The number of carbonyl (C=O) groups excluding carboxylic acids is 2. The van der Waals surface area contributed by atoms with E-state index in [1.807, 2.05) is 13.8 Å². The van der Waals surface area contributed by atoms with Gasteiger partial charge in [0.25, 0.3) is 11.6 Å². The molecular weight excluding hydrogens is 334 g/mol. The highest BCUT2D eigenvalue weighted by atomic mass is 35.5. The maximum atomic E-state index is 12.6. The fourth-order valence-corrected chi connectivity index (χ4v) is 2.66. The van der Waals surface area contributed by atoms with Crippen LogP contribution in [0.3, 0.4) is 0 Å². The van der Waals surface area contributed by atoms with Crippen LogP contribution in [0, 0.1) is 16.0 Å². The Hall–Kier alpha value is -2.15. The molecule has 24 heavy (non-hydrogen) atoms. The van der Waals surface area contributed by atoms with Crippen molar-refractivity contribution >= 4 is 29.1 Å². The number of carbonyl (C=O) groups is 2. The van der Waals surface area contributed by atoms with Crippen LogP contribution in [0.25, 0.3) is 0 Å². The monoisotopic (exact) mass is 353 g/mol. The van der Waals surface area contributed by atoms with Gasteiger partial charge in [-0.05, 0) is 24.8 Å². The number of likely N-dealkylation sites (N-methyl/N-ethyl adjacent to an activating group) is 1. The predicted molar refractivity (Wildman–Crippen MR) is 90.0 cm³/mol. The molecule has 0 heterocycles. The molecule has 1 atom stereocenters. The number of amides is 2. The van der Waals surface area contributed by atoms with Crippen molar-refractivity contribution in [1.82, 2.24) is 10.2 Å². The topological polar surface area (TPSA) is 92.5 Å². The molecule has 130 valence electrons. The number of nitrogens with zero attached hydrogens (tertiary/aromatic N) is 2. The zero-order valence-corrected chi connectivity index (χ0v) is 14.5. The van der Waals surface area contributed by atoms with Crippen molar-refractivity contribution in [2.24, 2.45) is 5.92 Å². The van der Waals surface area contributed by atoms with Gasteiger partial charge in [-0.25, -0.2) is 0 Å². The molecule has 0 radical (unpaired) electrons. The summed E-state index contributed by atoms with van der Waals surface area (Å²) in [6.45, 7) is 3.70. The lowest BCUT2D eigenvalue weighted by Crippen LogP contribution is -2.50. The molecule has 0 aromatic heterocycles. The van der Waals surface area contributed by atoms with Crippen LogP contribution in [0.15, 0.2) is 18.2 Å². The molecule has 0 aliphatic heterocycles. The summed E-state index contributed by atoms with van der Waals surface area (Å²) < 4.78 is 0. The average Bonchev–Trinajstić information content (AvgIpc) is 3.35. The first-order chi connectivity index (χ1) is 11.2. The molecule has 1 saturated carbocycles. The van der Waals surface area contributed by atoms with Gasteiger partial charge in [-0.3, -0.25) is 19.7 Å². The molecule has 2 rings (SSSR count). The van der Waals surface area contributed by atoms with E-state index in [1.165, 1.54) is 12.1 Å². The second-order valence-corrected chi connectivity index (χ2v) is 6.70. The Kier molecular flexibility index (Phi) is 5.43. The van der Waals surface area contributed by atoms with E-state index in [4.69, 9.17) is 11.6 Å². The van der Waals surface area contributed by atoms with Crippen LogP contribution in [0.5, 0.6) is 0 Å². The number of hydrogen-bond donors (Lipinski definition) is 1. The van der Waals surface area contributed by atoms with E-state index in [9.17, 15) is 19.7 Å².